The fourth-order valence-electron chi connectivity index (χ4n) is 4.04. The normalized spacial score (nSPS) is 22.5. The molecule has 0 spiro atoms. The fourth-order valence-corrected chi connectivity index (χ4v) is 4.41. The van der Waals surface area contributed by atoms with Crippen molar-refractivity contribution >= 4 is 18.0 Å². The summed E-state index contributed by atoms with van der Waals surface area (Å²) in [4.78, 5) is 12.4. The van der Waals surface area contributed by atoms with Gasteiger partial charge in [0.25, 0.3) is 0 Å². The second kappa shape index (κ2) is 7.92. The van der Waals surface area contributed by atoms with Crippen molar-refractivity contribution in [2.24, 2.45) is 0 Å². The van der Waals surface area contributed by atoms with E-state index in [0.717, 1.165) is 11.3 Å². The van der Waals surface area contributed by atoms with Crippen LogP contribution in [-0.4, -0.2) is 53.4 Å². The Bertz CT molecular complexity index is 1190. The van der Waals surface area contributed by atoms with Gasteiger partial charge in [-0.25, -0.2) is 4.68 Å². The highest BCUT2D eigenvalue weighted by molar-refractivity contribution is 7.71. The molecule has 0 N–H and O–H groups in total. The maximum absolute atomic E-state index is 12.4. The quantitative estimate of drug-likeness (QED) is 0.564. The van der Waals surface area contributed by atoms with E-state index < -0.39 is 6.29 Å². The zero-order valence-electron chi connectivity index (χ0n) is 17.1. The van der Waals surface area contributed by atoms with Crippen LogP contribution in [0, 0.1) is 4.77 Å². The summed E-state index contributed by atoms with van der Waals surface area (Å²) >= 11 is 5.84. The van der Waals surface area contributed by atoms with E-state index in [1.54, 1.807) is 18.9 Å². The van der Waals surface area contributed by atoms with Crippen LogP contribution < -0.4 is 9.47 Å². The molecule has 0 amide bonds. The van der Waals surface area contributed by atoms with Gasteiger partial charge in [-0.05, 0) is 42.5 Å². The number of methoxy groups -OCH3 is 2. The Morgan fingerprint density at radius 1 is 1.10 bits per heavy atom. The van der Waals surface area contributed by atoms with Crippen molar-refractivity contribution in [3.05, 3.63) is 53.3 Å². The smallest absolute Gasteiger partial charge is 0.218 e. The first-order valence-corrected chi connectivity index (χ1v) is 10.3. The van der Waals surface area contributed by atoms with Crippen molar-refractivity contribution in [2.45, 2.75) is 24.9 Å². The van der Waals surface area contributed by atoms with Gasteiger partial charge in [0.2, 0.25) is 11.1 Å². The Balaban J connectivity index is 1.68. The third kappa shape index (κ3) is 3.34. The molecule has 0 radical (unpaired) electrons. The number of rotatable bonds is 5. The summed E-state index contributed by atoms with van der Waals surface area (Å²) in [6, 6.07) is 15.0. The van der Waals surface area contributed by atoms with Crippen molar-refractivity contribution < 1.29 is 23.7 Å². The van der Waals surface area contributed by atoms with Crippen molar-refractivity contribution in [1.29, 1.82) is 0 Å². The molecule has 3 aromatic rings. The van der Waals surface area contributed by atoms with E-state index in [0.29, 0.717) is 28.7 Å². The molecule has 2 fully saturated rings. The summed E-state index contributed by atoms with van der Waals surface area (Å²) in [6.45, 7) is 0.340. The van der Waals surface area contributed by atoms with Crippen molar-refractivity contribution in [1.82, 2.24) is 14.3 Å². The van der Waals surface area contributed by atoms with E-state index in [-0.39, 0.29) is 24.3 Å². The average Bonchev–Trinajstić information content (AvgIpc) is 3.39. The molecule has 0 unspecified atom stereocenters. The van der Waals surface area contributed by atoms with Gasteiger partial charge in [-0.1, -0.05) is 18.2 Å². The second-order valence-corrected chi connectivity index (χ2v) is 7.73. The van der Waals surface area contributed by atoms with E-state index in [4.69, 9.17) is 36.3 Å². The summed E-state index contributed by atoms with van der Waals surface area (Å²) in [5.74, 6) is 1.74. The summed E-state index contributed by atoms with van der Waals surface area (Å²) < 4.78 is 26.1. The van der Waals surface area contributed by atoms with Crippen LogP contribution in [0.25, 0.3) is 17.1 Å². The number of hydrogen-bond donors (Lipinski definition) is 0. The molecule has 2 bridgehead atoms. The number of Topliss-reactive ketones (excluding diaryl/α,β-unsaturated/α-hetero) is 1. The van der Waals surface area contributed by atoms with Crippen LogP contribution in [0.2, 0.25) is 0 Å². The number of fused-ring (bicyclic) bond motifs is 2. The van der Waals surface area contributed by atoms with E-state index in [1.165, 1.54) is 0 Å². The molecule has 9 heteroatoms. The van der Waals surface area contributed by atoms with Gasteiger partial charge < -0.3 is 18.9 Å². The molecule has 2 aromatic carbocycles. The van der Waals surface area contributed by atoms with Crippen LogP contribution in [0.15, 0.2) is 48.5 Å². The highest BCUT2D eigenvalue weighted by Crippen LogP contribution is 2.36. The predicted octanol–water partition coefficient (Wildman–Crippen LogP) is 3.34. The van der Waals surface area contributed by atoms with Crippen LogP contribution in [0.5, 0.6) is 11.5 Å². The highest BCUT2D eigenvalue weighted by Gasteiger charge is 2.45. The number of nitrogens with zero attached hydrogens (tertiary/aromatic N) is 3. The summed E-state index contributed by atoms with van der Waals surface area (Å²) in [5, 5.41) is 4.85. The van der Waals surface area contributed by atoms with Gasteiger partial charge >= 0.3 is 0 Å². The zero-order chi connectivity index (χ0) is 21.5. The van der Waals surface area contributed by atoms with Crippen LogP contribution in [0.4, 0.5) is 0 Å². The number of carbonyl (C=O) groups excluding carboxylic acids is 1. The zero-order valence-corrected chi connectivity index (χ0v) is 17.9. The van der Waals surface area contributed by atoms with Crippen molar-refractivity contribution in [3.8, 4) is 28.6 Å². The molecule has 5 rings (SSSR count). The molecular weight excluding hydrogens is 418 g/mol. The summed E-state index contributed by atoms with van der Waals surface area (Å²) in [6.07, 6.45) is -0.774. The molecule has 31 heavy (non-hydrogen) atoms. The second-order valence-electron chi connectivity index (χ2n) is 7.37. The Kier molecular flexibility index (Phi) is 5.09. The highest BCUT2D eigenvalue weighted by atomic mass is 32.1. The maximum Gasteiger partial charge on any atom is 0.218 e. The lowest BCUT2D eigenvalue weighted by atomic mass is 10.0. The number of ketones is 1. The molecule has 0 aliphatic carbocycles. The minimum atomic E-state index is -0.767. The lowest BCUT2D eigenvalue weighted by Gasteiger charge is -2.26. The van der Waals surface area contributed by atoms with E-state index >= 15 is 0 Å². The average molecular weight is 439 g/mol. The number of carbonyl (C=O) groups is 1. The number of hydrogen-bond acceptors (Lipinski definition) is 7. The number of aromatic nitrogens is 3. The van der Waals surface area contributed by atoms with Gasteiger partial charge in [0, 0.05) is 17.7 Å². The van der Waals surface area contributed by atoms with Gasteiger partial charge in [-0.3, -0.25) is 9.36 Å². The molecular formula is C22H21N3O5S. The summed E-state index contributed by atoms with van der Waals surface area (Å²) in [5.41, 5.74) is 1.67. The standard InChI is InChI=1S/C22H21N3O5S/c1-27-17-9-8-13(10-18(17)28-2)20-23-25(15-11-16(26)21-29-12-19(15)30-21)22(31)24(20)14-6-4-3-5-7-14/h3-10,15,19,21H,11-12H2,1-2H3/t15-,19-,21-/m1/s1. The van der Waals surface area contributed by atoms with Gasteiger partial charge in [-0.2, -0.15) is 5.10 Å². The third-order valence-electron chi connectivity index (χ3n) is 5.58. The van der Waals surface area contributed by atoms with Gasteiger partial charge in [0.05, 0.1) is 26.9 Å². The fraction of sp³-hybridized carbons (Fsp3) is 0.318. The van der Waals surface area contributed by atoms with E-state index in [9.17, 15) is 4.79 Å². The largest absolute Gasteiger partial charge is 0.493 e. The van der Waals surface area contributed by atoms with Crippen LogP contribution in [0.1, 0.15) is 12.5 Å². The van der Waals surface area contributed by atoms with Crippen LogP contribution in [-0.2, 0) is 14.3 Å². The van der Waals surface area contributed by atoms with Crippen molar-refractivity contribution in [3.63, 3.8) is 0 Å². The molecule has 1 aromatic heterocycles. The molecule has 2 aliphatic heterocycles. The molecule has 2 saturated heterocycles. The SMILES string of the molecule is COc1ccc(-c2nn([C@@H]3CC(=O)[C@@H]4OC[C@H]3O4)c(=S)n2-c2ccccc2)cc1OC. The molecule has 8 nitrogen and oxygen atoms in total. The summed E-state index contributed by atoms with van der Waals surface area (Å²) in [7, 11) is 3.18. The van der Waals surface area contributed by atoms with E-state index in [2.05, 4.69) is 0 Å². The first kappa shape index (κ1) is 19.9. The molecule has 3 heterocycles. The molecule has 0 saturated carbocycles. The molecule has 160 valence electrons. The Hall–Kier alpha value is -3.01. The predicted molar refractivity (Wildman–Crippen MR) is 114 cm³/mol. The van der Waals surface area contributed by atoms with Gasteiger partial charge in [0.15, 0.2) is 23.1 Å². The van der Waals surface area contributed by atoms with E-state index in [1.807, 2.05) is 53.1 Å². The topological polar surface area (TPSA) is 76.7 Å². The minimum absolute atomic E-state index is 0.0948. The first-order valence-electron chi connectivity index (χ1n) is 9.90. The maximum atomic E-state index is 12.4. The number of benzene rings is 2. The van der Waals surface area contributed by atoms with Crippen molar-refractivity contribution in [2.75, 3.05) is 20.8 Å². The Morgan fingerprint density at radius 2 is 1.87 bits per heavy atom. The number of para-hydroxylation sites is 1. The Labute approximate surface area is 183 Å². The molecule has 3 atom stereocenters. The molecule has 2 aliphatic rings. The number of ether oxygens (including phenoxy) is 4. The lowest BCUT2D eigenvalue weighted by Crippen LogP contribution is -2.37. The van der Waals surface area contributed by atoms with Crippen LogP contribution >= 0.6 is 12.2 Å². The minimum Gasteiger partial charge on any atom is -0.493 e. The van der Waals surface area contributed by atoms with Gasteiger partial charge in [-0.15, -0.1) is 0 Å². The first-order chi connectivity index (χ1) is 15.1. The third-order valence-corrected chi connectivity index (χ3v) is 5.95. The monoisotopic (exact) mass is 439 g/mol. The van der Waals surface area contributed by atoms with Gasteiger partial charge in [0.1, 0.15) is 6.10 Å². The lowest BCUT2D eigenvalue weighted by molar-refractivity contribution is -0.156. The van der Waals surface area contributed by atoms with Crippen LogP contribution in [0.3, 0.4) is 0 Å². The Morgan fingerprint density at radius 3 is 2.61 bits per heavy atom.